The van der Waals surface area contributed by atoms with Crippen molar-refractivity contribution < 1.29 is 14.3 Å². The number of nitrogens with one attached hydrogen (secondary N) is 1. The van der Waals surface area contributed by atoms with Crippen molar-refractivity contribution in [1.29, 1.82) is 0 Å². The number of para-hydroxylation sites is 2. The van der Waals surface area contributed by atoms with E-state index in [9.17, 15) is 4.79 Å². The summed E-state index contributed by atoms with van der Waals surface area (Å²) in [6, 6.07) is 6.48. The average Bonchev–Trinajstić information content (AvgIpc) is 2.66. The molecule has 0 atom stereocenters. The van der Waals surface area contributed by atoms with Crippen LogP contribution in [-0.2, 0) is 4.79 Å². The van der Waals surface area contributed by atoms with E-state index >= 15 is 0 Å². The highest BCUT2D eigenvalue weighted by Gasteiger charge is 2.60. The molecular formula is C10H5Cl6NO3. The van der Waals surface area contributed by atoms with Gasteiger partial charge in [0.15, 0.2) is 11.5 Å². The van der Waals surface area contributed by atoms with Gasteiger partial charge < -0.3 is 9.47 Å². The Kier molecular flexibility index (Phi) is 4.38. The summed E-state index contributed by atoms with van der Waals surface area (Å²) in [5.74, 6) is -2.67. The molecule has 0 aromatic heterocycles. The zero-order valence-electron chi connectivity index (χ0n) is 9.30. The minimum absolute atomic E-state index is 0.267. The lowest BCUT2D eigenvalue weighted by atomic mass is 10.3. The van der Waals surface area contributed by atoms with Gasteiger partial charge in [0.25, 0.3) is 13.5 Å². The van der Waals surface area contributed by atoms with Gasteiger partial charge >= 0.3 is 5.91 Å². The van der Waals surface area contributed by atoms with E-state index in [4.69, 9.17) is 79.1 Å². The molecule has 1 aromatic rings. The fourth-order valence-corrected chi connectivity index (χ4v) is 1.92. The highest BCUT2D eigenvalue weighted by molar-refractivity contribution is 6.76. The molecule has 0 fully saturated rings. The SMILES string of the molecule is O=C(NC1(C(Cl)(Cl)Cl)Oc2ccccc2O1)C(Cl)(Cl)Cl. The number of hydrogen-bond acceptors (Lipinski definition) is 3. The van der Waals surface area contributed by atoms with Crippen molar-refractivity contribution in [2.75, 3.05) is 0 Å². The number of ether oxygens (including phenoxy) is 2. The topological polar surface area (TPSA) is 47.6 Å². The third kappa shape index (κ3) is 3.11. The van der Waals surface area contributed by atoms with Gasteiger partial charge in [0, 0.05) is 0 Å². The molecule has 0 unspecified atom stereocenters. The number of carbonyl (C=O) groups excluding carboxylic acids is 1. The molecule has 2 rings (SSSR count). The monoisotopic (exact) mass is 397 g/mol. The van der Waals surface area contributed by atoms with Crippen LogP contribution in [0.5, 0.6) is 11.5 Å². The molecule has 1 amide bonds. The Hall–Kier alpha value is 0.0300. The summed E-state index contributed by atoms with van der Waals surface area (Å²) in [6.45, 7) is 0. The zero-order valence-corrected chi connectivity index (χ0v) is 13.8. The Labute approximate surface area is 144 Å². The van der Waals surface area contributed by atoms with Gasteiger partial charge in [-0.15, -0.1) is 0 Å². The minimum atomic E-state index is -2.27. The lowest BCUT2D eigenvalue weighted by molar-refractivity contribution is -0.143. The highest BCUT2D eigenvalue weighted by Crippen LogP contribution is 2.48. The zero-order chi connectivity index (χ0) is 15.2. The van der Waals surface area contributed by atoms with Crippen LogP contribution < -0.4 is 14.8 Å². The average molecular weight is 400 g/mol. The quantitative estimate of drug-likeness (QED) is 0.727. The molecule has 0 radical (unpaired) electrons. The molecule has 1 aliphatic heterocycles. The van der Waals surface area contributed by atoms with E-state index in [2.05, 4.69) is 5.32 Å². The lowest BCUT2D eigenvalue weighted by Crippen LogP contribution is -2.65. The van der Waals surface area contributed by atoms with Gasteiger partial charge in [-0.1, -0.05) is 81.7 Å². The first-order chi connectivity index (χ1) is 9.05. The Morgan fingerprint density at radius 1 is 1.00 bits per heavy atom. The molecule has 20 heavy (non-hydrogen) atoms. The van der Waals surface area contributed by atoms with Crippen LogP contribution in [0.2, 0.25) is 0 Å². The van der Waals surface area contributed by atoms with Crippen LogP contribution in [0.3, 0.4) is 0 Å². The van der Waals surface area contributed by atoms with Crippen molar-refractivity contribution in [3.05, 3.63) is 24.3 Å². The van der Waals surface area contributed by atoms with Crippen LogP contribution in [0.25, 0.3) is 0 Å². The summed E-state index contributed by atoms with van der Waals surface area (Å²) in [5.41, 5.74) is 0. The van der Waals surface area contributed by atoms with Gasteiger partial charge in [0.2, 0.25) is 0 Å². The third-order valence-electron chi connectivity index (χ3n) is 2.27. The predicted octanol–water partition coefficient (Wildman–Crippen LogP) is 3.97. The molecule has 1 N–H and O–H groups in total. The molecule has 1 aromatic carbocycles. The molecule has 10 heteroatoms. The minimum Gasteiger partial charge on any atom is -0.428 e. The van der Waals surface area contributed by atoms with Gasteiger partial charge in [0.05, 0.1) is 0 Å². The fraction of sp³-hybridized carbons (Fsp3) is 0.300. The predicted molar refractivity (Wildman–Crippen MR) is 79.2 cm³/mol. The smallest absolute Gasteiger partial charge is 0.388 e. The van der Waals surface area contributed by atoms with Gasteiger partial charge in [-0.25, -0.2) is 0 Å². The molecule has 4 nitrogen and oxygen atoms in total. The Balaban J connectivity index is 2.35. The number of benzene rings is 1. The van der Waals surface area contributed by atoms with E-state index in [0.717, 1.165) is 0 Å². The Bertz CT molecular complexity index is 514. The first kappa shape index (κ1) is 16.4. The highest BCUT2D eigenvalue weighted by atomic mass is 35.6. The number of hydrogen-bond donors (Lipinski definition) is 1. The van der Waals surface area contributed by atoms with Crippen LogP contribution >= 0.6 is 69.6 Å². The van der Waals surface area contributed by atoms with Crippen molar-refractivity contribution in [3.63, 3.8) is 0 Å². The summed E-state index contributed by atoms with van der Waals surface area (Å²) in [6.07, 6.45) is 0. The maximum atomic E-state index is 11.8. The van der Waals surface area contributed by atoms with Crippen molar-refractivity contribution in [2.24, 2.45) is 0 Å². The summed E-state index contributed by atoms with van der Waals surface area (Å²) in [4.78, 5) is 11.8. The number of carbonyl (C=O) groups is 1. The normalized spacial score (nSPS) is 16.9. The fourth-order valence-electron chi connectivity index (χ4n) is 1.41. The van der Waals surface area contributed by atoms with E-state index in [0.29, 0.717) is 0 Å². The number of fused-ring (bicyclic) bond motifs is 1. The molecular weight excluding hydrogens is 395 g/mol. The number of alkyl halides is 6. The molecule has 0 saturated carbocycles. The summed E-state index contributed by atoms with van der Waals surface area (Å²) in [5, 5.41) is 2.14. The standard InChI is InChI=1S/C10H5Cl6NO3/c11-8(12,13)7(18)17-10(9(14,15)16)19-5-3-1-2-4-6(5)20-10/h1-4H,(H,17,18). The van der Waals surface area contributed by atoms with E-state index < -0.39 is 19.4 Å². The second kappa shape index (κ2) is 5.34. The molecule has 0 spiro atoms. The van der Waals surface area contributed by atoms with Crippen LogP contribution in [0.4, 0.5) is 0 Å². The van der Waals surface area contributed by atoms with Gasteiger partial charge in [-0.05, 0) is 12.1 Å². The van der Waals surface area contributed by atoms with Crippen LogP contribution in [-0.4, -0.2) is 19.4 Å². The van der Waals surface area contributed by atoms with Gasteiger partial charge in [-0.3, -0.25) is 10.1 Å². The second-order valence-corrected chi connectivity index (χ2v) is 8.28. The largest absolute Gasteiger partial charge is 0.428 e. The molecule has 0 aliphatic carbocycles. The Morgan fingerprint density at radius 2 is 1.45 bits per heavy atom. The van der Waals surface area contributed by atoms with Crippen molar-refractivity contribution in [1.82, 2.24) is 5.32 Å². The first-order valence-electron chi connectivity index (χ1n) is 4.98. The second-order valence-electron chi connectivity index (χ2n) is 3.72. The van der Waals surface area contributed by atoms with Gasteiger partial charge in [-0.2, -0.15) is 0 Å². The van der Waals surface area contributed by atoms with Crippen molar-refractivity contribution in [2.45, 2.75) is 13.5 Å². The molecule has 1 aliphatic rings. The first-order valence-corrected chi connectivity index (χ1v) is 7.25. The molecule has 0 bridgehead atoms. The van der Waals surface area contributed by atoms with E-state index in [1.165, 1.54) is 0 Å². The summed E-state index contributed by atoms with van der Waals surface area (Å²) < 4.78 is 6.34. The third-order valence-corrected chi connectivity index (χ3v) is 3.53. The summed E-state index contributed by atoms with van der Waals surface area (Å²) >= 11 is 33.8. The molecule has 1 heterocycles. The van der Waals surface area contributed by atoms with E-state index in [1.54, 1.807) is 24.3 Å². The summed E-state index contributed by atoms with van der Waals surface area (Å²) in [7, 11) is 0. The maximum absolute atomic E-state index is 11.8. The number of amides is 1. The van der Waals surface area contributed by atoms with Crippen LogP contribution in [0.15, 0.2) is 24.3 Å². The molecule has 0 saturated heterocycles. The van der Waals surface area contributed by atoms with Crippen LogP contribution in [0.1, 0.15) is 0 Å². The number of halogens is 6. The van der Waals surface area contributed by atoms with Crippen LogP contribution in [0, 0.1) is 0 Å². The maximum Gasteiger partial charge on any atom is 0.388 e. The molecule has 110 valence electrons. The lowest BCUT2D eigenvalue weighted by Gasteiger charge is -2.34. The van der Waals surface area contributed by atoms with Crippen molar-refractivity contribution >= 4 is 75.5 Å². The number of rotatable bonds is 1. The van der Waals surface area contributed by atoms with E-state index in [1.807, 2.05) is 0 Å². The van der Waals surface area contributed by atoms with Crippen molar-refractivity contribution in [3.8, 4) is 11.5 Å². The Morgan fingerprint density at radius 3 is 1.80 bits per heavy atom. The van der Waals surface area contributed by atoms with Gasteiger partial charge in [0.1, 0.15) is 0 Å². The van der Waals surface area contributed by atoms with E-state index in [-0.39, 0.29) is 11.5 Å².